The molecule has 168 valence electrons. The predicted molar refractivity (Wildman–Crippen MR) is 131 cm³/mol. The molecule has 0 atom stereocenters. The molecule has 7 heteroatoms. The number of rotatable bonds is 2. The first-order valence-electron chi connectivity index (χ1n) is 11.9. The van der Waals surface area contributed by atoms with E-state index in [0.29, 0.717) is 11.0 Å². The van der Waals surface area contributed by atoms with Gasteiger partial charge >= 0.3 is 0 Å². The van der Waals surface area contributed by atoms with E-state index < -0.39 is 0 Å². The molecule has 2 aromatic carbocycles. The number of aromatic nitrogens is 4. The van der Waals surface area contributed by atoms with Gasteiger partial charge in [-0.2, -0.15) is 5.26 Å². The standard InChI is InChI=1S/C27H25N7/c28-13-19-1-3-20(4-2-19)21-12-25-26-31-30-18-34(26)24-6-5-23(11-22(24)15-32(25)14-21)33-16-27(17-33)7-9-29-10-8-27/h1-6,11-12,14,18,29H,7-10,15-17H2. The van der Waals surface area contributed by atoms with Gasteiger partial charge in [-0.1, -0.05) is 12.1 Å². The molecule has 0 aliphatic carbocycles. The van der Waals surface area contributed by atoms with Crippen LogP contribution in [0.2, 0.25) is 0 Å². The number of piperidine rings is 1. The molecule has 2 saturated heterocycles. The molecule has 3 aliphatic heterocycles. The highest BCUT2D eigenvalue weighted by molar-refractivity contribution is 5.72. The van der Waals surface area contributed by atoms with Gasteiger partial charge in [0.25, 0.3) is 0 Å². The minimum atomic E-state index is 0.503. The van der Waals surface area contributed by atoms with Crippen LogP contribution in [0.3, 0.4) is 0 Å². The second-order valence-corrected chi connectivity index (χ2v) is 9.87. The number of benzene rings is 2. The first-order valence-corrected chi connectivity index (χ1v) is 11.9. The lowest BCUT2D eigenvalue weighted by molar-refractivity contribution is 0.150. The zero-order chi connectivity index (χ0) is 22.7. The summed E-state index contributed by atoms with van der Waals surface area (Å²) in [6.07, 6.45) is 6.56. The molecule has 2 fully saturated rings. The van der Waals surface area contributed by atoms with E-state index in [0.717, 1.165) is 61.1 Å². The average Bonchev–Trinajstić information content (AvgIpc) is 3.48. The lowest BCUT2D eigenvalue weighted by atomic mass is 9.72. The maximum atomic E-state index is 9.12. The van der Waals surface area contributed by atoms with E-state index in [1.165, 1.54) is 24.1 Å². The Hall–Kier alpha value is -3.89. The number of nitrogens with one attached hydrogen (secondary N) is 1. The quantitative estimate of drug-likeness (QED) is 0.445. The molecule has 0 radical (unpaired) electrons. The summed E-state index contributed by atoms with van der Waals surface area (Å²) in [6, 6.07) is 18.9. The van der Waals surface area contributed by atoms with Crippen LogP contribution in [0, 0.1) is 16.7 Å². The van der Waals surface area contributed by atoms with Crippen molar-refractivity contribution in [2.24, 2.45) is 5.41 Å². The summed E-state index contributed by atoms with van der Waals surface area (Å²) in [4.78, 5) is 2.53. The molecule has 0 bridgehead atoms. The van der Waals surface area contributed by atoms with E-state index in [-0.39, 0.29) is 0 Å². The summed E-state index contributed by atoms with van der Waals surface area (Å²) < 4.78 is 4.37. The van der Waals surface area contributed by atoms with Gasteiger partial charge < -0.3 is 14.8 Å². The second kappa shape index (κ2) is 7.31. The van der Waals surface area contributed by atoms with Crippen LogP contribution in [0.4, 0.5) is 5.69 Å². The number of fused-ring (bicyclic) bond motifs is 5. The van der Waals surface area contributed by atoms with Crippen LogP contribution in [0.25, 0.3) is 28.3 Å². The van der Waals surface area contributed by atoms with Gasteiger partial charge in [0.15, 0.2) is 5.82 Å². The molecule has 0 amide bonds. The van der Waals surface area contributed by atoms with Crippen LogP contribution in [0.15, 0.2) is 61.1 Å². The maximum Gasteiger partial charge on any atom is 0.185 e. The molecular weight excluding hydrogens is 422 g/mol. The predicted octanol–water partition coefficient (Wildman–Crippen LogP) is 3.83. The van der Waals surface area contributed by atoms with Crippen LogP contribution in [0.1, 0.15) is 24.0 Å². The summed E-state index contributed by atoms with van der Waals surface area (Å²) >= 11 is 0. The molecular formula is C27H25N7. The van der Waals surface area contributed by atoms with E-state index in [4.69, 9.17) is 5.26 Å². The maximum absolute atomic E-state index is 9.12. The molecule has 2 aromatic heterocycles. The Kier molecular flexibility index (Phi) is 4.20. The Morgan fingerprint density at radius 2 is 1.79 bits per heavy atom. The fourth-order valence-corrected chi connectivity index (χ4v) is 5.84. The van der Waals surface area contributed by atoms with Gasteiger partial charge in [0.2, 0.25) is 0 Å². The minimum Gasteiger partial charge on any atom is -0.370 e. The number of nitriles is 1. The lowest BCUT2D eigenvalue weighted by Gasteiger charge is -2.53. The summed E-state index contributed by atoms with van der Waals surface area (Å²) in [6.45, 7) is 5.38. The summed E-state index contributed by atoms with van der Waals surface area (Å²) in [5.74, 6) is 0.851. The Labute approximate surface area is 198 Å². The molecule has 1 N–H and O–H groups in total. The fraction of sp³-hybridized carbons (Fsp3) is 0.296. The average molecular weight is 448 g/mol. The highest BCUT2D eigenvalue weighted by atomic mass is 15.3. The molecule has 7 nitrogen and oxygen atoms in total. The van der Waals surface area contributed by atoms with Crippen LogP contribution < -0.4 is 10.2 Å². The van der Waals surface area contributed by atoms with Crippen molar-refractivity contribution in [3.05, 3.63) is 72.2 Å². The Morgan fingerprint density at radius 3 is 2.59 bits per heavy atom. The van der Waals surface area contributed by atoms with E-state index in [2.05, 4.69) is 66.1 Å². The third-order valence-electron chi connectivity index (χ3n) is 7.77. The minimum absolute atomic E-state index is 0.503. The van der Waals surface area contributed by atoms with E-state index in [1.807, 2.05) is 30.6 Å². The van der Waals surface area contributed by atoms with Gasteiger partial charge in [-0.05, 0) is 73.5 Å². The van der Waals surface area contributed by atoms with Gasteiger partial charge in [0.1, 0.15) is 6.33 Å². The summed E-state index contributed by atoms with van der Waals surface area (Å²) in [5.41, 5.74) is 8.14. The van der Waals surface area contributed by atoms with Gasteiger partial charge in [-0.25, -0.2) is 0 Å². The smallest absolute Gasteiger partial charge is 0.185 e. The zero-order valence-corrected chi connectivity index (χ0v) is 18.9. The van der Waals surface area contributed by atoms with Crippen molar-refractivity contribution in [3.63, 3.8) is 0 Å². The van der Waals surface area contributed by atoms with Crippen molar-refractivity contribution >= 4 is 5.69 Å². The molecule has 0 saturated carbocycles. The number of nitrogens with zero attached hydrogens (tertiary/aromatic N) is 6. The molecule has 3 aliphatic rings. The van der Waals surface area contributed by atoms with E-state index in [1.54, 1.807) is 0 Å². The van der Waals surface area contributed by atoms with E-state index >= 15 is 0 Å². The molecule has 5 heterocycles. The lowest BCUT2D eigenvalue weighted by Crippen LogP contribution is -2.60. The molecule has 7 rings (SSSR count). The third-order valence-corrected chi connectivity index (χ3v) is 7.77. The summed E-state index contributed by atoms with van der Waals surface area (Å²) in [5, 5.41) is 21.3. The van der Waals surface area contributed by atoms with Crippen molar-refractivity contribution in [2.75, 3.05) is 31.1 Å². The fourth-order valence-electron chi connectivity index (χ4n) is 5.84. The van der Waals surface area contributed by atoms with Crippen molar-refractivity contribution in [1.82, 2.24) is 24.6 Å². The van der Waals surface area contributed by atoms with Crippen molar-refractivity contribution in [1.29, 1.82) is 5.26 Å². The number of anilines is 1. The SMILES string of the molecule is N#Cc1ccc(-c2cc3n(c2)Cc2cc(N4CC5(CCNCC5)C4)ccc2-n2cnnc2-3)cc1. The monoisotopic (exact) mass is 447 g/mol. The van der Waals surface area contributed by atoms with Crippen LogP contribution in [-0.2, 0) is 6.54 Å². The van der Waals surface area contributed by atoms with Crippen LogP contribution in [-0.4, -0.2) is 45.5 Å². The zero-order valence-electron chi connectivity index (χ0n) is 18.9. The number of hydrogen-bond acceptors (Lipinski definition) is 5. The summed E-state index contributed by atoms with van der Waals surface area (Å²) in [7, 11) is 0. The topological polar surface area (TPSA) is 74.7 Å². The van der Waals surface area contributed by atoms with Gasteiger partial charge in [-0.3, -0.25) is 4.57 Å². The normalized spacial score (nSPS) is 17.8. The highest BCUT2D eigenvalue weighted by Gasteiger charge is 2.43. The van der Waals surface area contributed by atoms with Crippen molar-refractivity contribution in [3.8, 4) is 34.4 Å². The van der Waals surface area contributed by atoms with Crippen LogP contribution >= 0.6 is 0 Å². The molecule has 0 unspecified atom stereocenters. The largest absolute Gasteiger partial charge is 0.370 e. The van der Waals surface area contributed by atoms with Crippen molar-refractivity contribution < 1.29 is 0 Å². The molecule has 4 aromatic rings. The second-order valence-electron chi connectivity index (χ2n) is 9.87. The Morgan fingerprint density at radius 1 is 0.971 bits per heavy atom. The Bertz CT molecular complexity index is 1420. The van der Waals surface area contributed by atoms with Crippen LogP contribution in [0.5, 0.6) is 0 Å². The first-order chi connectivity index (χ1) is 16.7. The third kappa shape index (κ3) is 2.99. The van der Waals surface area contributed by atoms with E-state index in [9.17, 15) is 0 Å². The van der Waals surface area contributed by atoms with Gasteiger partial charge in [-0.15, -0.1) is 10.2 Å². The molecule has 1 spiro atoms. The van der Waals surface area contributed by atoms with Crippen molar-refractivity contribution in [2.45, 2.75) is 19.4 Å². The Balaban J connectivity index is 1.24. The first kappa shape index (κ1) is 19.6. The number of hydrogen-bond donors (Lipinski definition) is 1. The highest BCUT2D eigenvalue weighted by Crippen LogP contribution is 2.42. The van der Waals surface area contributed by atoms with Gasteiger partial charge in [0.05, 0.1) is 23.0 Å². The van der Waals surface area contributed by atoms with Gasteiger partial charge in [0, 0.05) is 42.5 Å². The molecule has 34 heavy (non-hydrogen) atoms.